The van der Waals surface area contributed by atoms with E-state index in [1.54, 1.807) is 0 Å². The molecule has 0 saturated carbocycles. The summed E-state index contributed by atoms with van der Waals surface area (Å²) < 4.78 is 4.98. The van der Waals surface area contributed by atoms with Crippen molar-refractivity contribution in [2.45, 2.75) is 39.5 Å². The van der Waals surface area contributed by atoms with Crippen LogP contribution >= 0.6 is 0 Å². The number of hydrogen-bond donors (Lipinski definition) is 1. The first-order valence-corrected chi connectivity index (χ1v) is 6.47. The molecule has 1 aromatic heterocycles. The van der Waals surface area contributed by atoms with Crippen LogP contribution in [0.15, 0.2) is 0 Å². The van der Waals surface area contributed by atoms with Crippen molar-refractivity contribution < 1.29 is 9.66 Å². The number of unbranched alkanes of at least 4 members (excludes halogenated alkanes) is 2. The maximum Gasteiger partial charge on any atom is 0.372 e. The summed E-state index contributed by atoms with van der Waals surface area (Å²) in [6.07, 6.45) is 3.71. The van der Waals surface area contributed by atoms with Crippen LogP contribution in [-0.4, -0.2) is 28.5 Å². The van der Waals surface area contributed by atoms with Crippen molar-refractivity contribution in [1.29, 1.82) is 0 Å². The summed E-state index contributed by atoms with van der Waals surface area (Å²) in [4.78, 5) is 18.8. The van der Waals surface area contributed by atoms with Crippen molar-refractivity contribution in [3.63, 3.8) is 0 Å². The van der Waals surface area contributed by atoms with Gasteiger partial charge in [-0.1, -0.05) is 26.7 Å². The summed E-state index contributed by atoms with van der Waals surface area (Å²) in [5.41, 5.74) is -0.198. The monoisotopic (exact) mass is 268 g/mol. The van der Waals surface area contributed by atoms with Gasteiger partial charge in [0.15, 0.2) is 0 Å². The third kappa shape index (κ3) is 4.04. The van der Waals surface area contributed by atoms with Gasteiger partial charge in [0.1, 0.15) is 5.82 Å². The first-order valence-electron chi connectivity index (χ1n) is 6.47. The number of rotatable bonds is 8. The van der Waals surface area contributed by atoms with Crippen molar-refractivity contribution in [1.82, 2.24) is 9.97 Å². The van der Waals surface area contributed by atoms with Crippen LogP contribution in [-0.2, 0) is 6.42 Å². The van der Waals surface area contributed by atoms with E-state index in [0.29, 0.717) is 18.8 Å². The Morgan fingerprint density at radius 1 is 1.32 bits per heavy atom. The molecule has 1 N–H and O–H groups in total. The van der Waals surface area contributed by atoms with Crippen LogP contribution in [0.25, 0.3) is 0 Å². The largest absolute Gasteiger partial charge is 0.476 e. The third-order valence-electron chi connectivity index (χ3n) is 2.66. The first-order chi connectivity index (χ1) is 9.13. The minimum Gasteiger partial charge on any atom is -0.476 e. The smallest absolute Gasteiger partial charge is 0.372 e. The second kappa shape index (κ2) is 7.50. The van der Waals surface area contributed by atoms with Gasteiger partial charge in [0.2, 0.25) is 5.82 Å². The summed E-state index contributed by atoms with van der Waals surface area (Å²) in [5, 5.41) is 14.1. The molecule has 1 heterocycles. The molecule has 0 aliphatic heterocycles. The second-order valence-corrected chi connectivity index (χ2v) is 4.09. The first kappa shape index (κ1) is 15.1. The molecular weight excluding hydrogens is 248 g/mol. The molecule has 0 bridgehead atoms. The van der Waals surface area contributed by atoms with E-state index in [1.165, 1.54) is 7.11 Å². The Morgan fingerprint density at radius 3 is 2.58 bits per heavy atom. The van der Waals surface area contributed by atoms with Crippen LogP contribution in [0.5, 0.6) is 5.88 Å². The van der Waals surface area contributed by atoms with E-state index in [4.69, 9.17) is 4.74 Å². The highest BCUT2D eigenvalue weighted by Gasteiger charge is 2.25. The lowest BCUT2D eigenvalue weighted by Crippen LogP contribution is -2.10. The highest BCUT2D eigenvalue weighted by atomic mass is 16.6. The SMILES string of the molecule is CCCCCNc1nc(CC)nc(OC)c1[N+](=O)[O-]. The molecular formula is C12H20N4O3. The van der Waals surface area contributed by atoms with Crippen molar-refractivity contribution in [3.8, 4) is 5.88 Å². The number of ether oxygens (including phenoxy) is 1. The molecule has 19 heavy (non-hydrogen) atoms. The Hall–Kier alpha value is -1.92. The molecule has 1 aromatic rings. The molecule has 0 radical (unpaired) electrons. The van der Waals surface area contributed by atoms with Crippen LogP contribution in [0.4, 0.5) is 11.5 Å². The molecule has 0 atom stereocenters. The van der Waals surface area contributed by atoms with Gasteiger partial charge in [0.25, 0.3) is 5.88 Å². The number of nitro groups is 1. The molecule has 0 unspecified atom stereocenters. The van der Waals surface area contributed by atoms with Crippen molar-refractivity contribution >= 4 is 11.5 Å². The minimum absolute atomic E-state index is 0.00911. The normalized spacial score (nSPS) is 10.3. The van der Waals surface area contributed by atoms with Gasteiger partial charge in [0.05, 0.1) is 12.0 Å². The van der Waals surface area contributed by atoms with Crippen LogP contribution in [0, 0.1) is 10.1 Å². The van der Waals surface area contributed by atoms with Gasteiger partial charge in [-0.15, -0.1) is 0 Å². The summed E-state index contributed by atoms with van der Waals surface area (Å²) in [6.45, 7) is 4.64. The lowest BCUT2D eigenvalue weighted by Gasteiger charge is -2.09. The molecule has 7 heteroatoms. The summed E-state index contributed by atoms with van der Waals surface area (Å²) >= 11 is 0. The number of hydrogen-bond acceptors (Lipinski definition) is 6. The number of nitrogens with zero attached hydrogens (tertiary/aromatic N) is 3. The van der Waals surface area contributed by atoms with E-state index >= 15 is 0 Å². The predicted molar refractivity (Wildman–Crippen MR) is 72.6 cm³/mol. The third-order valence-corrected chi connectivity index (χ3v) is 2.66. The van der Waals surface area contributed by atoms with E-state index in [0.717, 1.165) is 19.3 Å². The minimum atomic E-state index is -0.513. The molecule has 0 amide bonds. The molecule has 0 spiro atoms. The highest BCUT2D eigenvalue weighted by molar-refractivity contribution is 5.61. The van der Waals surface area contributed by atoms with Crippen molar-refractivity contribution in [2.75, 3.05) is 19.0 Å². The molecule has 0 fully saturated rings. The van der Waals surface area contributed by atoms with E-state index < -0.39 is 4.92 Å². The molecule has 0 aliphatic carbocycles. The zero-order chi connectivity index (χ0) is 14.3. The van der Waals surface area contributed by atoms with Crippen LogP contribution in [0.1, 0.15) is 38.9 Å². The molecule has 7 nitrogen and oxygen atoms in total. The molecule has 106 valence electrons. The fourth-order valence-electron chi connectivity index (χ4n) is 1.65. The predicted octanol–water partition coefficient (Wildman–Crippen LogP) is 2.56. The maximum atomic E-state index is 11.1. The Balaban J connectivity index is 3.00. The Labute approximate surface area is 112 Å². The van der Waals surface area contributed by atoms with E-state index in [9.17, 15) is 10.1 Å². The van der Waals surface area contributed by atoms with Gasteiger partial charge in [-0.25, -0.2) is 4.98 Å². The second-order valence-electron chi connectivity index (χ2n) is 4.09. The lowest BCUT2D eigenvalue weighted by atomic mass is 10.2. The van der Waals surface area contributed by atoms with Crippen molar-refractivity contribution in [2.24, 2.45) is 0 Å². The van der Waals surface area contributed by atoms with Crippen molar-refractivity contribution in [3.05, 3.63) is 15.9 Å². The topological polar surface area (TPSA) is 90.2 Å². The Kier molecular flexibility index (Phi) is 5.98. The lowest BCUT2D eigenvalue weighted by molar-refractivity contribution is -0.385. The van der Waals surface area contributed by atoms with Gasteiger partial charge >= 0.3 is 5.69 Å². The number of methoxy groups -OCH3 is 1. The fraction of sp³-hybridized carbons (Fsp3) is 0.667. The standard InChI is InChI=1S/C12H20N4O3/c1-4-6-7-8-13-11-10(16(17)18)12(19-3)15-9(5-2)14-11/h4-8H2,1-3H3,(H,13,14,15). The Bertz CT molecular complexity index is 437. The maximum absolute atomic E-state index is 11.1. The van der Waals surface area contributed by atoms with Crippen LogP contribution < -0.4 is 10.1 Å². The quantitative estimate of drug-likeness (QED) is 0.442. The van der Waals surface area contributed by atoms with Gasteiger partial charge in [0, 0.05) is 13.0 Å². The molecule has 0 aromatic carbocycles. The van der Waals surface area contributed by atoms with E-state index in [-0.39, 0.29) is 17.4 Å². The van der Waals surface area contributed by atoms with Crippen LogP contribution in [0.2, 0.25) is 0 Å². The van der Waals surface area contributed by atoms with E-state index in [1.807, 2.05) is 6.92 Å². The molecule has 0 saturated heterocycles. The highest BCUT2D eigenvalue weighted by Crippen LogP contribution is 2.31. The van der Waals surface area contributed by atoms with Gasteiger partial charge < -0.3 is 10.1 Å². The summed E-state index contributed by atoms with van der Waals surface area (Å²) in [7, 11) is 1.37. The number of nitrogens with one attached hydrogen (secondary N) is 1. The molecule has 0 aliphatic rings. The zero-order valence-electron chi connectivity index (χ0n) is 11.6. The summed E-state index contributed by atoms with van der Waals surface area (Å²) in [5.74, 6) is 0.778. The van der Waals surface area contributed by atoms with Crippen LogP contribution in [0.3, 0.4) is 0 Å². The number of anilines is 1. The van der Waals surface area contributed by atoms with E-state index in [2.05, 4.69) is 22.2 Å². The average molecular weight is 268 g/mol. The van der Waals surface area contributed by atoms with Gasteiger partial charge in [-0.05, 0) is 6.42 Å². The van der Waals surface area contributed by atoms with Gasteiger partial charge in [-0.3, -0.25) is 10.1 Å². The number of aromatic nitrogens is 2. The fourth-order valence-corrected chi connectivity index (χ4v) is 1.65. The molecule has 1 rings (SSSR count). The number of aryl methyl sites for hydroxylation is 1. The Morgan fingerprint density at radius 2 is 2.05 bits per heavy atom. The zero-order valence-corrected chi connectivity index (χ0v) is 11.6. The summed E-state index contributed by atoms with van der Waals surface area (Å²) in [6, 6.07) is 0. The van der Waals surface area contributed by atoms with Gasteiger partial charge in [-0.2, -0.15) is 4.98 Å². The average Bonchev–Trinajstić information content (AvgIpc) is 2.42.